The number of nitrogens with zero attached hydrogens (tertiary/aromatic N) is 1. The molecule has 8 heteroatoms. The minimum absolute atomic E-state index is 0.376. The van der Waals surface area contributed by atoms with Gasteiger partial charge in [-0.2, -0.15) is 0 Å². The second kappa shape index (κ2) is 6.01. The van der Waals surface area contributed by atoms with Crippen LogP contribution in [0.25, 0.3) is 0 Å². The van der Waals surface area contributed by atoms with E-state index >= 15 is 0 Å². The molecule has 7 nitrogen and oxygen atoms in total. The van der Waals surface area contributed by atoms with E-state index < -0.39 is 34.7 Å². The molecule has 4 atom stereocenters. The fraction of sp³-hybridized carbons (Fsp3) is 0.533. The van der Waals surface area contributed by atoms with E-state index in [2.05, 4.69) is 11.9 Å². The number of carboxylic acids is 1. The summed E-state index contributed by atoms with van der Waals surface area (Å²) in [6.07, 6.45) is 3.17. The average molecular weight is 339 g/mol. The van der Waals surface area contributed by atoms with E-state index in [1.165, 1.54) is 22.7 Å². The van der Waals surface area contributed by atoms with Crippen LogP contribution < -0.4 is 11.1 Å². The van der Waals surface area contributed by atoms with Gasteiger partial charge in [0.25, 0.3) is 0 Å². The van der Waals surface area contributed by atoms with Crippen LogP contribution in [0.5, 0.6) is 0 Å². The molecule has 0 saturated carbocycles. The Balaban J connectivity index is 2.09. The van der Waals surface area contributed by atoms with Crippen LogP contribution in [-0.2, 0) is 14.4 Å². The molecule has 0 radical (unpaired) electrons. The largest absolute Gasteiger partial charge is 0.480 e. The molecular weight excluding hydrogens is 318 g/mol. The number of nitrogens with one attached hydrogen (secondary N) is 1. The van der Waals surface area contributed by atoms with Crippen LogP contribution in [-0.4, -0.2) is 56.0 Å². The first-order valence-corrected chi connectivity index (χ1v) is 8.07. The first-order valence-electron chi connectivity index (χ1n) is 7.19. The maximum absolute atomic E-state index is 12.3. The molecule has 4 N–H and O–H groups in total. The number of nitrogens with two attached hydrogens (primary N) is 1. The number of fused-ring (bicyclic) bond motifs is 1. The van der Waals surface area contributed by atoms with Crippen molar-refractivity contribution in [3.05, 3.63) is 24.3 Å². The van der Waals surface area contributed by atoms with Gasteiger partial charge in [0, 0.05) is 4.75 Å². The van der Waals surface area contributed by atoms with E-state index in [0.717, 1.165) is 0 Å². The summed E-state index contributed by atoms with van der Waals surface area (Å²) in [6, 6.07) is -2.50. The van der Waals surface area contributed by atoms with Gasteiger partial charge in [0.15, 0.2) is 0 Å². The highest BCUT2D eigenvalue weighted by molar-refractivity contribution is 8.01. The number of carboxylic acid groups (broad SMARTS) is 1. The summed E-state index contributed by atoms with van der Waals surface area (Å²) < 4.78 is -0.619. The van der Waals surface area contributed by atoms with Gasteiger partial charge in [0.2, 0.25) is 11.8 Å². The third kappa shape index (κ3) is 2.88. The van der Waals surface area contributed by atoms with Crippen molar-refractivity contribution < 1.29 is 19.5 Å². The summed E-state index contributed by atoms with van der Waals surface area (Å²) in [5.74, 6) is -1.88. The lowest BCUT2D eigenvalue weighted by Crippen LogP contribution is -2.71. The molecule has 0 aromatic heterocycles. The molecule has 2 aliphatic heterocycles. The molecular formula is C15H21N3O4S. The maximum atomic E-state index is 12.3. The molecule has 2 heterocycles. The summed E-state index contributed by atoms with van der Waals surface area (Å²) >= 11 is 1.38. The number of thioether (sulfide) groups is 1. The van der Waals surface area contributed by atoms with Gasteiger partial charge in [0.05, 0.1) is 0 Å². The van der Waals surface area contributed by atoms with Crippen molar-refractivity contribution in [3.8, 4) is 0 Å². The van der Waals surface area contributed by atoms with Crippen molar-refractivity contribution >= 4 is 29.5 Å². The molecule has 1 unspecified atom stereocenters. The normalized spacial score (nSPS) is 30.3. The summed E-state index contributed by atoms with van der Waals surface area (Å²) in [5, 5.41) is 11.6. The zero-order valence-electron chi connectivity index (χ0n) is 13.3. The van der Waals surface area contributed by atoms with Crippen molar-refractivity contribution in [1.29, 1.82) is 0 Å². The van der Waals surface area contributed by atoms with Crippen LogP contribution in [0.1, 0.15) is 20.8 Å². The number of hydrogen-bond acceptors (Lipinski definition) is 5. The smallest absolute Gasteiger partial charge is 0.327 e. The zero-order chi connectivity index (χ0) is 17.5. The van der Waals surface area contributed by atoms with Gasteiger partial charge in [-0.1, -0.05) is 18.7 Å². The minimum Gasteiger partial charge on any atom is -0.480 e. The number of carbonyl (C=O) groups excluding carboxylic acids is 2. The van der Waals surface area contributed by atoms with E-state index in [4.69, 9.17) is 5.73 Å². The van der Waals surface area contributed by atoms with Gasteiger partial charge in [-0.25, -0.2) is 4.79 Å². The van der Waals surface area contributed by atoms with E-state index in [9.17, 15) is 19.5 Å². The highest BCUT2D eigenvalue weighted by Crippen LogP contribution is 2.50. The Kier molecular flexibility index (Phi) is 4.59. The third-order valence-electron chi connectivity index (χ3n) is 4.13. The highest BCUT2D eigenvalue weighted by Gasteiger charge is 2.64. The van der Waals surface area contributed by atoms with Gasteiger partial charge in [-0.15, -0.1) is 11.8 Å². The molecule has 0 aromatic rings. The van der Waals surface area contributed by atoms with E-state index in [1.54, 1.807) is 26.8 Å². The highest BCUT2D eigenvalue weighted by atomic mass is 32.2. The Bertz CT molecular complexity index is 602. The summed E-state index contributed by atoms with van der Waals surface area (Å²) in [4.78, 5) is 37.2. The number of aliphatic carboxylic acids is 1. The fourth-order valence-electron chi connectivity index (χ4n) is 2.88. The van der Waals surface area contributed by atoms with Gasteiger partial charge < -0.3 is 21.1 Å². The van der Waals surface area contributed by atoms with Gasteiger partial charge >= 0.3 is 5.97 Å². The Morgan fingerprint density at radius 3 is 2.65 bits per heavy atom. The van der Waals surface area contributed by atoms with E-state index in [1.807, 2.05) is 0 Å². The van der Waals surface area contributed by atoms with Gasteiger partial charge in [-0.3, -0.25) is 9.59 Å². The molecule has 2 amide bonds. The molecule has 0 bridgehead atoms. The van der Waals surface area contributed by atoms with Gasteiger partial charge in [-0.05, 0) is 26.3 Å². The Morgan fingerprint density at radius 2 is 2.13 bits per heavy atom. The number of amides is 2. The topological polar surface area (TPSA) is 113 Å². The predicted molar refractivity (Wildman–Crippen MR) is 87.6 cm³/mol. The summed E-state index contributed by atoms with van der Waals surface area (Å²) in [6.45, 7) is 8.81. The second-order valence-electron chi connectivity index (χ2n) is 6.21. The van der Waals surface area contributed by atoms with Crippen LogP contribution in [0, 0.1) is 0 Å². The lowest BCUT2D eigenvalue weighted by atomic mass is 9.95. The van der Waals surface area contributed by atoms with Crippen LogP contribution >= 0.6 is 11.8 Å². The number of allylic oxidation sites excluding steroid dienone is 2. The number of carbonyl (C=O) groups is 3. The zero-order valence-corrected chi connectivity index (χ0v) is 14.1. The van der Waals surface area contributed by atoms with Crippen LogP contribution in [0.15, 0.2) is 24.3 Å². The predicted octanol–water partition coefficient (Wildman–Crippen LogP) is 0.0777. The van der Waals surface area contributed by atoms with Crippen molar-refractivity contribution in [2.24, 2.45) is 5.73 Å². The summed E-state index contributed by atoms with van der Waals surface area (Å²) in [5.41, 5.74) is 6.46. The summed E-state index contributed by atoms with van der Waals surface area (Å²) in [7, 11) is 0. The fourth-order valence-corrected chi connectivity index (χ4v) is 4.51. The molecule has 0 aromatic carbocycles. The number of β-lactam (4-membered cyclic amide) rings is 1. The first-order chi connectivity index (χ1) is 10.6. The molecule has 0 aliphatic carbocycles. The van der Waals surface area contributed by atoms with Crippen molar-refractivity contribution in [3.63, 3.8) is 0 Å². The second-order valence-corrected chi connectivity index (χ2v) is 7.98. The molecule has 2 fully saturated rings. The maximum Gasteiger partial charge on any atom is 0.327 e. The van der Waals surface area contributed by atoms with Gasteiger partial charge in [0.1, 0.15) is 23.5 Å². The quantitative estimate of drug-likeness (QED) is 0.483. The monoisotopic (exact) mass is 339 g/mol. The number of hydrogen-bond donors (Lipinski definition) is 3. The Morgan fingerprint density at radius 1 is 1.52 bits per heavy atom. The standard InChI is InChI=1S/C15H21N3O4S/c1-5-6-7(2)8(16)11(19)17-9-12(20)18-10(14(21)22)15(3,4)23-13(9)18/h5-6,8-10,13H,1,16H2,2-4H3,(H,17,19)(H,21,22)/b7-6+/t8?,9-,10-,13+/m0/s1. The van der Waals surface area contributed by atoms with Crippen molar-refractivity contribution in [2.45, 2.75) is 49.0 Å². The van der Waals surface area contributed by atoms with Crippen LogP contribution in [0.2, 0.25) is 0 Å². The Hall–Kier alpha value is -1.80. The Labute approximate surface area is 139 Å². The molecule has 2 aliphatic rings. The SMILES string of the molecule is C=C/C=C(\C)C(N)C(=O)N[C@H]1C(=O)N2[C@@H]1SC(C)(C)[C@@H]2C(=O)O. The molecule has 2 rings (SSSR count). The van der Waals surface area contributed by atoms with E-state index in [-0.39, 0.29) is 11.3 Å². The van der Waals surface area contributed by atoms with Crippen molar-refractivity contribution in [2.75, 3.05) is 0 Å². The minimum atomic E-state index is -1.04. The number of rotatable bonds is 5. The van der Waals surface area contributed by atoms with Crippen molar-refractivity contribution in [1.82, 2.24) is 10.2 Å². The first kappa shape index (κ1) is 17.6. The molecule has 0 spiro atoms. The van der Waals surface area contributed by atoms with Crippen LogP contribution in [0.3, 0.4) is 0 Å². The third-order valence-corrected chi connectivity index (χ3v) is 5.70. The lowest BCUT2D eigenvalue weighted by molar-refractivity contribution is -0.161. The lowest BCUT2D eigenvalue weighted by Gasteiger charge is -2.43. The molecule has 2 saturated heterocycles. The molecule has 126 valence electrons. The van der Waals surface area contributed by atoms with E-state index in [0.29, 0.717) is 5.57 Å². The molecule has 23 heavy (non-hydrogen) atoms. The van der Waals surface area contributed by atoms with Crippen LogP contribution in [0.4, 0.5) is 0 Å². The average Bonchev–Trinajstić information content (AvgIpc) is 2.72.